The number of hydrogen-bond acceptors (Lipinski definition) is 2. The summed E-state index contributed by atoms with van der Waals surface area (Å²) >= 11 is 5.32. The van der Waals surface area contributed by atoms with Crippen molar-refractivity contribution >= 4 is 11.6 Å². The van der Waals surface area contributed by atoms with Crippen LogP contribution >= 0.6 is 11.6 Å². The molecule has 0 rings (SSSR count). The van der Waals surface area contributed by atoms with Crippen molar-refractivity contribution in [3.63, 3.8) is 0 Å². The average molecular weight is 125 g/mol. The Bertz CT molecular complexity index is 40.7. The zero-order chi connectivity index (χ0) is 5.70. The summed E-state index contributed by atoms with van der Waals surface area (Å²) in [5, 5.41) is 0. The number of alkyl halides is 1. The number of rotatable bonds is 3. The van der Waals surface area contributed by atoms with Gasteiger partial charge < -0.3 is 9.47 Å². The minimum absolute atomic E-state index is 0.579. The van der Waals surface area contributed by atoms with Gasteiger partial charge in [0.05, 0.1) is 0 Å². The maximum absolute atomic E-state index is 5.32. The molecular formula is C4H9ClO2. The van der Waals surface area contributed by atoms with Crippen LogP contribution in [0.5, 0.6) is 0 Å². The summed E-state index contributed by atoms with van der Waals surface area (Å²) in [6, 6.07) is 0. The highest BCUT2D eigenvalue weighted by atomic mass is 35.5. The highest BCUT2D eigenvalue weighted by Crippen LogP contribution is 1.95. The van der Waals surface area contributed by atoms with E-state index in [-0.39, 0.29) is 0 Å². The first-order chi connectivity index (χ1) is 3.31. The molecule has 0 aromatic heterocycles. The summed E-state index contributed by atoms with van der Waals surface area (Å²) in [4.78, 5) is 0. The lowest BCUT2D eigenvalue weighted by Gasteiger charge is -2.03. The van der Waals surface area contributed by atoms with Crippen LogP contribution in [-0.2, 0) is 9.47 Å². The third kappa shape index (κ3) is 4.05. The molecule has 0 aromatic rings. The predicted octanol–water partition coefficient (Wildman–Crippen LogP) is 1.19. The lowest BCUT2D eigenvalue weighted by Crippen LogP contribution is -2.05. The van der Waals surface area contributed by atoms with Gasteiger partial charge in [0.25, 0.3) is 0 Å². The third-order valence-corrected chi connectivity index (χ3v) is 0.787. The van der Waals surface area contributed by atoms with E-state index < -0.39 is 5.75 Å². The molecule has 1 unspecified atom stereocenters. The molecule has 3 heteroatoms. The lowest BCUT2D eigenvalue weighted by molar-refractivity contribution is -0.0612. The quantitative estimate of drug-likeness (QED) is 0.416. The molecule has 0 aromatic carbocycles. The van der Waals surface area contributed by atoms with E-state index in [0.717, 1.165) is 0 Å². The fraction of sp³-hybridized carbons (Fsp3) is 1.00. The fourth-order valence-corrected chi connectivity index (χ4v) is 0.325. The third-order valence-electron chi connectivity index (χ3n) is 0.483. The molecule has 0 aliphatic rings. The van der Waals surface area contributed by atoms with Crippen molar-refractivity contribution in [3.05, 3.63) is 0 Å². The molecule has 1 atom stereocenters. The van der Waals surface area contributed by atoms with E-state index in [9.17, 15) is 0 Å². The molecule has 0 fully saturated rings. The van der Waals surface area contributed by atoms with E-state index in [4.69, 9.17) is 16.3 Å². The molecule has 0 spiro atoms. The van der Waals surface area contributed by atoms with Crippen molar-refractivity contribution in [2.75, 3.05) is 13.7 Å². The SMILES string of the molecule is CCOC(Cl)OC. The van der Waals surface area contributed by atoms with Crippen molar-refractivity contribution in [1.29, 1.82) is 0 Å². The van der Waals surface area contributed by atoms with Crippen LogP contribution in [0.4, 0.5) is 0 Å². The number of ether oxygens (including phenoxy) is 2. The minimum atomic E-state index is -0.579. The molecule has 0 aliphatic carbocycles. The molecule has 0 saturated heterocycles. The normalized spacial score (nSPS) is 14.1. The van der Waals surface area contributed by atoms with Crippen molar-refractivity contribution < 1.29 is 9.47 Å². The molecule has 2 nitrogen and oxygen atoms in total. The van der Waals surface area contributed by atoms with Crippen molar-refractivity contribution in [1.82, 2.24) is 0 Å². The van der Waals surface area contributed by atoms with Gasteiger partial charge in [-0.15, -0.1) is 0 Å². The van der Waals surface area contributed by atoms with E-state index in [1.165, 1.54) is 7.11 Å². The molecule has 0 radical (unpaired) electrons. The summed E-state index contributed by atoms with van der Waals surface area (Å²) in [5.74, 6) is -0.579. The van der Waals surface area contributed by atoms with Crippen LogP contribution in [0.15, 0.2) is 0 Å². The Morgan fingerprint density at radius 2 is 2.29 bits per heavy atom. The van der Waals surface area contributed by atoms with Crippen LogP contribution < -0.4 is 0 Å². The van der Waals surface area contributed by atoms with Crippen molar-refractivity contribution in [2.45, 2.75) is 12.7 Å². The van der Waals surface area contributed by atoms with E-state index in [1.54, 1.807) is 0 Å². The molecule has 0 heterocycles. The topological polar surface area (TPSA) is 18.5 Å². The Hall–Kier alpha value is 0.210. The van der Waals surface area contributed by atoms with Gasteiger partial charge in [-0.1, -0.05) is 11.6 Å². The molecule has 44 valence electrons. The van der Waals surface area contributed by atoms with Gasteiger partial charge in [-0.3, -0.25) is 0 Å². The fourth-order valence-electron chi connectivity index (χ4n) is 0.199. The summed E-state index contributed by atoms with van der Waals surface area (Å²) in [7, 11) is 1.49. The van der Waals surface area contributed by atoms with Gasteiger partial charge in [-0.05, 0) is 6.92 Å². The summed E-state index contributed by atoms with van der Waals surface area (Å²) < 4.78 is 9.27. The van der Waals surface area contributed by atoms with Gasteiger partial charge in [0, 0.05) is 13.7 Å². The number of halogens is 1. The summed E-state index contributed by atoms with van der Waals surface area (Å²) in [6.07, 6.45) is 0. The maximum Gasteiger partial charge on any atom is 0.236 e. The van der Waals surface area contributed by atoms with Gasteiger partial charge in [0.1, 0.15) is 0 Å². The van der Waals surface area contributed by atoms with Gasteiger partial charge in [0.2, 0.25) is 5.75 Å². The van der Waals surface area contributed by atoms with Gasteiger partial charge >= 0.3 is 0 Å². The van der Waals surface area contributed by atoms with Crippen LogP contribution in [0.2, 0.25) is 0 Å². The largest absolute Gasteiger partial charge is 0.343 e. The number of hydrogen-bond donors (Lipinski definition) is 0. The molecule has 0 N–H and O–H groups in total. The zero-order valence-corrected chi connectivity index (χ0v) is 5.23. The maximum atomic E-state index is 5.32. The molecule has 0 amide bonds. The van der Waals surface area contributed by atoms with E-state index in [0.29, 0.717) is 6.61 Å². The molecule has 0 aliphatic heterocycles. The Balaban J connectivity index is 2.83. The highest BCUT2D eigenvalue weighted by Gasteiger charge is 1.95. The first-order valence-electron chi connectivity index (χ1n) is 2.09. The smallest absolute Gasteiger partial charge is 0.236 e. The van der Waals surface area contributed by atoms with Crippen LogP contribution in [0, 0.1) is 0 Å². The van der Waals surface area contributed by atoms with Gasteiger partial charge in [0.15, 0.2) is 0 Å². The average Bonchev–Trinajstić information content (AvgIpc) is 1.68. The van der Waals surface area contributed by atoms with Crippen molar-refractivity contribution in [3.8, 4) is 0 Å². The predicted molar refractivity (Wildman–Crippen MR) is 28.3 cm³/mol. The minimum Gasteiger partial charge on any atom is -0.343 e. The van der Waals surface area contributed by atoms with Crippen LogP contribution in [0.25, 0.3) is 0 Å². The van der Waals surface area contributed by atoms with Crippen LogP contribution in [-0.4, -0.2) is 19.5 Å². The first kappa shape index (κ1) is 7.21. The van der Waals surface area contributed by atoms with Crippen LogP contribution in [0.1, 0.15) is 6.92 Å². The van der Waals surface area contributed by atoms with E-state index in [1.807, 2.05) is 6.92 Å². The molecule has 0 bridgehead atoms. The second-order valence-corrected chi connectivity index (χ2v) is 1.32. The van der Waals surface area contributed by atoms with Crippen LogP contribution in [0.3, 0.4) is 0 Å². The Morgan fingerprint density at radius 1 is 1.71 bits per heavy atom. The Labute approximate surface area is 48.4 Å². The second kappa shape index (κ2) is 4.37. The summed E-state index contributed by atoms with van der Waals surface area (Å²) in [5.41, 5.74) is 0. The monoisotopic (exact) mass is 124 g/mol. The Morgan fingerprint density at radius 3 is 2.43 bits per heavy atom. The molecule has 0 saturated carbocycles. The molecule has 7 heavy (non-hydrogen) atoms. The van der Waals surface area contributed by atoms with Crippen molar-refractivity contribution in [2.24, 2.45) is 0 Å². The number of methoxy groups -OCH3 is 1. The highest BCUT2D eigenvalue weighted by molar-refractivity contribution is 6.18. The lowest BCUT2D eigenvalue weighted by atomic mass is 10.9. The Kier molecular flexibility index (Phi) is 4.50. The van der Waals surface area contributed by atoms with Gasteiger partial charge in [-0.25, -0.2) is 0 Å². The van der Waals surface area contributed by atoms with E-state index >= 15 is 0 Å². The van der Waals surface area contributed by atoms with Gasteiger partial charge in [-0.2, -0.15) is 0 Å². The standard InChI is InChI=1S/C4H9ClO2/c1-3-7-4(5)6-2/h4H,3H2,1-2H3. The molecular weight excluding hydrogens is 115 g/mol. The van der Waals surface area contributed by atoms with E-state index in [2.05, 4.69) is 4.74 Å². The zero-order valence-electron chi connectivity index (χ0n) is 4.48. The second-order valence-electron chi connectivity index (χ2n) is 0.965. The first-order valence-corrected chi connectivity index (χ1v) is 2.53. The summed E-state index contributed by atoms with van der Waals surface area (Å²) in [6.45, 7) is 2.44.